The van der Waals surface area contributed by atoms with E-state index in [0.717, 1.165) is 4.88 Å². The van der Waals surface area contributed by atoms with Crippen molar-refractivity contribution in [3.8, 4) is 10.7 Å². The highest BCUT2D eigenvalue weighted by Gasteiger charge is 2.16. The van der Waals surface area contributed by atoms with Gasteiger partial charge in [0.05, 0.1) is 11.3 Å². The number of carbonyl (C=O) groups excluding carboxylic acids is 2. The fourth-order valence-electron chi connectivity index (χ4n) is 1.39. The number of nitrogens with zero attached hydrogens (tertiary/aromatic N) is 2. The van der Waals surface area contributed by atoms with Crippen molar-refractivity contribution in [1.29, 1.82) is 0 Å². The maximum absolute atomic E-state index is 11.4. The van der Waals surface area contributed by atoms with Crippen LogP contribution >= 0.6 is 11.3 Å². The van der Waals surface area contributed by atoms with Gasteiger partial charge in [-0.25, -0.2) is 0 Å². The van der Waals surface area contributed by atoms with Gasteiger partial charge in [0, 0.05) is 6.42 Å². The Bertz CT molecular complexity index is 594. The molecule has 0 fully saturated rings. The molecule has 7 nitrogen and oxygen atoms in total. The predicted octanol–water partition coefficient (Wildman–Crippen LogP) is 1.15. The summed E-state index contributed by atoms with van der Waals surface area (Å²) in [4.78, 5) is 27.3. The third-order valence-electron chi connectivity index (χ3n) is 2.46. The molecule has 0 bridgehead atoms. The molecule has 2 rings (SSSR count). The van der Waals surface area contributed by atoms with E-state index >= 15 is 0 Å². The highest BCUT2D eigenvalue weighted by atomic mass is 32.1. The van der Waals surface area contributed by atoms with Crippen LogP contribution in [0.5, 0.6) is 0 Å². The molecule has 2 N–H and O–H groups in total. The zero-order chi connectivity index (χ0) is 14.5. The van der Waals surface area contributed by atoms with Gasteiger partial charge in [-0.2, -0.15) is 4.98 Å². The van der Waals surface area contributed by atoms with Crippen LogP contribution in [0, 0.1) is 0 Å². The van der Waals surface area contributed by atoms with Gasteiger partial charge >= 0.3 is 5.97 Å². The van der Waals surface area contributed by atoms with E-state index in [-0.39, 0.29) is 12.8 Å². The molecule has 0 saturated carbocycles. The minimum absolute atomic E-state index is 0.0453. The molecule has 0 saturated heterocycles. The molecule has 1 atom stereocenters. The van der Waals surface area contributed by atoms with Gasteiger partial charge in [0.2, 0.25) is 11.7 Å². The van der Waals surface area contributed by atoms with E-state index in [1.807, 2.05) is 17.5 Å². The molecule has 106 valence electrons. The van der Waals surface area contributed by atoms with Crippen LogP contribution in [0.15, 0.2) is 22.0 Å². The van der Waals surface area contributed by atoms with E-state index in [1.54, 1.807) is 0 Å². The highest BCUT2D eigenvalue weighted by molar-refractivity contribution is 7.13. The van der Waals surface area contributed by atoms with E-state index < -0.39 is 18.0 Å². The summed E-state index contributed by atoms with van der Waals surface area (Å²) in [6, 6.07) is 3.76. The molecular weight excluding hydrogens is 282 g/mol. The summed E-state index contributed by atoms with van der Waals surface area (Å²) in [6.07, 6.45) is -0.640. The molecule has 1 amide bonds. The number of hydrogen-bond donors (Lipinski definition) is 1. The number of carbonyl (C=O) groups is 2. The smallest absolute Gasteiger partial charge is 0.307 e. The van der Waals surface area contributed by atoms with Crippen LogP contribution in [-0.2, 0) is 20.7 Å². The minimum Gasteiger partial charge on any atom is -0.453 e. The largest absolute Gasteiger partial charge is 0.453 e. The second-order valence-corrected chi connectivity index (χ2v) is 4.97. The second kappa shape index (κ2) is 6.29. The molecule has 2 aromatic rings. The van der Waals surface area contributed by atoms with Crippen LogP contribution in [0.2, 0.25) is 0 Å². The Balaban J connectivity index is 1.86. The summed E-state index contributed by atoms with van der Waals surface area (Å²) in [7, 11) is 0. The Morgan fingerprint density at radius 2 is 2.35 bits per heavy atom. The molecule has 0 aliphatic carbocycles. The number of primary amides is 1. The molecule has 2 aromatic heterocycles. The monoisotopic (exact) mass is 295 g/mol. The number of amides is 1. The standard InChI is InChI=1S/C12H13N3O4S/c1-7(11(13)17)18-10(16)5-4-9-14-12(15-19-9)8-3-2-6-20-8/h2-3,6-7H,4-5H2,1H3,(H2,13,17)/t7-/m0/s1. The Morgan fingerprint density at radius 3 is 3.00 bits per heavy atom. The average Bonchev–Trinajstić information content (AvgIpc) is 3.07. The van der Waals surface area contributed by atoms with E-state index in [2.05, 4.69) is 10.1 Å². The lowest BCUT2D eigenvalue weighted by Gasteiger charge is -2.08. The lowest BCUT2D eigenvalue weighted by molar-refractivity contribution is -0.153. The quantitative estimate of drug-likeness (QED) is 0.801. The number of esters is 1. The number of nitrogens with two attached hydrogens (primary N) is 1. The van der Waals surface area contributed by atoms with Crippen molar-refractivity contribution < 1.29 is 18.8 Å². The second-order valence-electron chi connectivity index (χ2n) is 4.02. The maximum Gasteiger partial charge on any atom is 0.307 e. The SMILES string of the molecule is C[C@H](OC(=O)CCc1nc(-c2cccs2)no1)C(N)=O. The number of rotatable bonds is 6. The first-order valence-corrected chi connectivity index (χ1v) is 6.79. The summed E-state index contributed by atoms with van der Waals surface area (Å²) < 4.78 is 9.85. The molecule has 0 aromatic carbocycles. The van der Waals surface area contributed by atoms with E-state index in [1.165, 1.54) is 18.3 Å². The van der Waals surface area contributed by atoms with Crippen LogP contribution in [0.4, 0.5) is 0 Å². The minimum atomic E-state index is -0.938. The number of hydrogen-bond acceptors (Lipinski definition) is 7. The number of thiophene rings is 1. The summed E-state index contributed by atoms with van der Waals surface area (Å²) in [5.41, 5.74) is 4.99. The van der Waals surface area contributed by atoms with Crippen LogP contribution in [0.25, 0.3) is 10.7 Å². The fourth-order valence-corrected chi connectivity index (χ4v) is 2.03. The lowest BCUT2D eigenvalue weighted by Crippen LogP contribution is -2.30. The molecule has 0 spiro atoms. The number of ether oxygens (including phenoxy) is 1. The zero-order valence-electron chi connectivity index (χ0n) is 10.7. The van der Waals surface area contributed by atoms with Gasteiger partial charge in [-0.15, -0.1) is 11.3 Å². The molecule has 0 radical (unpaired) electrons. The molecule has 8 heteroatoms. The van der Waals surface area contributed by atoms with Crippen LogP contribution < -0.4 is 5.73 Å². The van der Waals surface area contributed by atoms with Crippen LogP contribution in [0.3, 0.4) is 0 Å². The van der Waals surface area contributed by atoms with Crippen molar-refractivity contribution in [3.05, 3.63) is 23.4 Å². The van der Waals surface area contributed by atoms with E-state index in [4.69, 9.17) is 15.0 Å². The topological polar surface area (TPSA) is 108 Å². The summed E-state index contributed by atoms with van der Waals surface area (Å²) in [6.45, 7) is 1.42. The van der Waals surface area contributed by atoms with Crippen molar-refractivity contribution in [2.24, 2.45) is 5.73 Å². The molecular formula is C12H13N3O4S. The van der Waals surface area contributed by atoms with Crippen LogP contribution in [-0.4, -0.2) is 28.1 Å². The Hall–Kier alpha value is -2.22. The third kappa shape index (κ3) is 3.64. The van der Waals surface area contributed by atoms with Crippen molar-refractivity contribution in [2.75, 3.05) is 0 Å². The first-order valence-electron chi connectivity index (χ1n) is 5.91. The first kappa shape index (κ1) is 14.2. The number of aromatic nitrogens is 2. The van der Waals surface area contributed by atoms with Gasteiger partial charge in [-0.3, -0.25) is 9.59 Å². The third-order valence-corrected chi connectivity index (χ3v) is 3.33. The van der Waals surface area contributed by atoms with Gasteiger partial charge in [0.1, 0.15) is 0 Å². The zero-order valence-corrected chi connectivity index (χ0v) is 11.6. The fraction of sp³-hybridized carbons (Fsp3) is 0.333. The molecule has 20 heavy (non-hydrogen) atoms. The Morgan fingerprint density at radius 1 is 1.55 bits per heavy atom. The molecule has 0 aliphatic rings. The predicted molar refractivity (Wildman–Crippen MR) is 70.7 cm³/mol. The van der Waals surface area contributed by atoms with Crippen molar-refractivity contribution in [3.63, 3.8) is 0 Å². The van der Waals surface area contributed by atoms with Crippen molar-refractivity contribution >= 4 is 23.2 Å². The lowest BCUT2D eigenvalue weighted by atomic mass is 10.3. The molecule has 0 aliphatic heterocycles. The summed E-state index contributed by atoms with van der Waals surface area (Å²) in [5, 5.41) is 5.73. The van der Waals surface area contributed by atoms with Gasteiger partial charge in [0.25, 0.3) is 5.91 Å². The van der Waals surface area contributed by atoms with Crippen molar-refractivity contribution in [1.82, 2.24) is 10.1 Å². The molecule has 0 unspecified atom stereocenters. The van der Waals surface area contributed by atoms with E-state index in [9.17, 15) is 9.59 Å². The summed E-state index contributed by atoms with van der Waals surface area (Å²) >= 11 is 1.50. The van der Waals surface area contributed by atoms with Gasteiger partial charge in [-0.1, -0.05) is 11.2 Å². The maximum atomic E-state index is 11.4. The summed E-state index contributed by atoms with van der Waals surface area (Å²) in [5.74, 6) is -0.380. The average molecular weight is 295 g/mol. The Labute approximate surface area is 118 Å². The Kier molecular flexibility index (Phi) is 4.46. The van der Waals surface area contributed by atoms with E-state index in [0.29, 0.717) is 11.7 Å². The number of aryl methyl sites for hydroxylation is 1. The molecule has 2 heterocycles. The highest BCUT2D eigenvalue weighted by Crippen LogP contribution is 2.21. The van der Waals surface area contributed by atoms with Crippen LogP contribution in [0.1, 0.15) is 19.2 Å². The first-order chi connectivity index (χ1) is 9.56. The normalized spacial score (nSPS) is 12.1. The van der Waals surface area contributed by atoms with Gasteiger partial charge in [-0.05, 0) is 18.4 Å². The van der Waals surface area contributed by atoms with Gasteiger partial charge in [0.15, 0.2) is 6.10 Å². The van der Waals surface area contributed by atoms with Gasteiger partial charge < -0.3 is 15.0 Å². The van der Waals surface area contributed by atoms with Crippen molar-refractivity contribution in [2.45, 2.75) is 25.9 Å².